The van der Waals surface area contributed by atoms with Gasteiger partial charge in [0, 0.05) is 35.4 Å². The summed E-state index contributed by atoms with van der Waals surface area (Å²) in [5.74, 6) is -1.01. The van der Waals surface area contributed by atoms with Crippen LogP contribution in [0.5, 0.6) is 0 Å². The molecule has 0 saturated heterocycles. The van der Waals surface area contributed by atoms with Gasteiger partial charge in [0.1, 0.15) is 12.4 Å². The Balaban J connectivity index is 1.84. The van der Waals surface area contributed by atoms with Crippen LogP contribution in [-0.4, -0.2) is 34.4 Å². The first-order valence-electron chi connectivity index (χ1n) is 10.0. The lowest BCUT2D eigenvalue weighted by Gasteiger charge is -2.22. The van der Waals surface area contributed by atoms with E-state index in [1.165, 1.54) is 11.1 Å². The van der Waals surface area contributed by atoms with Crippen LogP contribution in [0.3, 0.4) is 0 Å². The molecule has 1 aliphatic carbocycles. The van der Waals surface area contributed by atoms with Crippen molar-refractivity contribution in [2.24, 2.45) is 10.7 Å². The number of carboxylic acids is 1. The third-order valence-electron chi connectivity index (χ3n) is 4.81. The van der Waals surface area contributed by atoms with Crippen LogP contribution in [0.4, 0.5) is 5.69 Å². The molecule has 5 N–H and O–H groups in total. The minimum atomic E-state index is -0.993. The summed E-state index contributed by atoms with van der Waals surface area (Å²) in [4.78, 5) is 34.7. The molecule has 1 aliphatic heterocycles. The normalized spacial score (nSPS) is 15.8. The maximum absolute atomic E-state index is 13.2. The quantitative estimate of drug-likeness (QED) is 0.457. The monoisotopic (exact) mass is 422 g/mol. The van der Waals surface area contributed by atoms with Gasteiger partial charge in [0.15, 0.2) is 0 Å². The molecule has 0 fully saturated rings. The van der Waals surface area contributed by atoms with E-state index in [0.717, 1.165) is 5.56 Å². The molecule has 1 amide bonds. The van der Waals surface area contributed by atoms with Crippen LogP contribution in [0.25, 0.3) is 0 Å². The SMILES string of the molecule is CCCN(OCc1ccc(N)cc1)C(=O)C1=CC2=CC=C(C(=O)O)CC=C2N=C(N)C1. The number of nitrogens with zero attached hydrogens (tertiary/aromatic N) is 2. The second-order valence-electron chi connectivity index (χ2n) is 7.28. The zero-order valence-corrected chi connectivity index (χ0v) is 17.4. The van der Waals surface area contributed by atoms with Crippen molar-refractivity contribution in [1.82, 2.24) is 5.06 Å². The third kappa shape index (κ3) is 5.70. The number of carboxylic acid groups (broad SMARTS) is 1. The number of carbonyl (C=O) groups excluding carboxylic acids is 1. The number of rotatable bonds is 7. The number of hydrogen-bond acceptors (Lipinski definition) is 6. The first kappa shape index (κ1) is 22.0. The molecule has 0 unspecified atom stereocenters. The highest BCUT2D eigenvalue weighted by molar-refractivity contribution is 6.01. The minimum Gasteiger partial charge on any atom is -0.478 e. The highest BCUT2D eigenvalue weighted by atomic mass is 16.7. The molecule has 2 aliphatic rings. The number of aliphatic carboxylic acids is 1. The van der Waals surface area contributed by atoms with E-state index in [1.807, 2.05) is 19.1 Å². The molecule has 0 spiro atoms. The maximum Gasteiger partial charge on any atom is 0.331 e. The van der Waals surface area contributed by atoms with E-state index in [9.17, 15) is 14.7 Å². The van der Waals surface area contributed by atoms with Gasteiger partial charge >= 0.3 is 5.97 Å². The number of benzene rings is 1. The fraction of sp³-hybridized carbons (Fsp3) is 0.261. The van der Waals surface area contributed by atoms with Gasteiger partial charge in [0.25, 0.3) is 5.91 Å². The second kappa shape index (κ2) is 9.90. The molecule has 1 heterocycles. The summed E-state index contributed by atoms with van der Waals surface area (Å²) in [5.41, 5.74) is 15.2. The predicted molar refractivity (Wildman–Crippen MR) is 118 cm³/mol. The molecule has 8 heteroatoms. The molecule has 1 aromatic rings. The molecular formula is C23H26N4O4. The van der Waals surface area contributed by atoms with Crippen molar-refractivity contribution in [2.45, 2.75) is 32.8 Å². The number of fused-ring (bicyclic) bond motifs is 1. The summed E-state index contributed by atoms with van der Waals surface area (Å²) < 4.78 is 0. The number of amidine groups is 1. The number of nitrogens with two attached hydrogens (primary N) is 2. The van der Waals surface area contributed by atoms with Crippen LogP contribution in [0.15, 0.2) is 76.0 Å². The van der Waals surface area contributed by atoms with Crippen molar-refractivity contribution in [2.75, 3.05) is 12.3 Å². The van der Waals surface area contributed by atoms with E-state index in [2.05, 4.69) is 4.99 Å². The Morgan fingerprint density at radius 1 is 1.16 bits per heavy atom. The summed E-state index contributed by atoms with van der Waals surface area (Å²) >= 11 is 0. The number of anilines is 1. The Labute approximate surface area is 180 Å². The molecule has 8 nitrogen and oxygen atoms in total. The molecule has 31 heavy (non-hydrogen) atoms. The van der Waals surface area contributed by atoms with Crippen molar-refractivity contribution >= 4 is 23.4 Å². The van der Waals surface area contributed by atoms with Gasteiger partial charge in [-0.15, -0.1) is 0 Å². The average Bonchev–Trinajstić information content (AvgIpc) is 3.02. The highest BCUT2D eigenvalue weighted by Crippen LogP contribution is 2.26. The molecule has 0 atom stereocenters. The van der Waals surface area contributed by atoms with Crippen molar-refractivity contribution < 1.29 is 19.5 Å². The van der Waals surface area contributed by atoms with Gasteiger partial charge in [-0.2, -0.15) is 0 Å². The molecule has 162 valence electrons. The summed E-state index contributed by atoms with van der Waals surface area (Å²) in [5, 5.41) is 10.6. The largest absolute Gasteiger partial charge is 0.478 e. The van der Waals surface area contributed by atoms with Crippen LogP contribution in [0, 0.1) is 0 Å². The van der Waals surface area contributed by atoms with Crippen LogP contribution < -0.4 is 11.5 Å². The lowest BCUT2D eigenvalue weighted by Crippen LogP contribution is -2.34. The van der Waals surface area contributed by atoms with Crippen LogP contribution in [-0.2, 0) is 21.0 Å². The molecule has 0 aromatic heterocycles. The summed E-state index contributed by atoms with van der Waals surface area (Å²) in [6.07, 6.45) is 7.70. The summed E-state index contributed by atoms with van der Waals surface area (Å²) in [7, 11) is 0. The predicted octanol–water partition coefficient (Wildman–Crippen LogP) is 2.85. The Morgan fingerprint density at radius 3 is 2.58 bits per heavy atom. The fourth-order valence-electron chi connectivity index (χ4n) is 3.18. The molecule has 0 radical (unpaired) electrons. The number of amides is 1. The number of hydrogen-bond donors (Lipinski definition) is 3. The van der Waals surface area contributed by atoms with E-state index < -0.39 is 5.97 Å². The molecule has 1 aromatic carbocycles. The number of nitrogen functional groups attached to an aromatic ring is 1. The van der Waals surface area contributed by atoms with Gasteiger partial charge in [-0.1, -0.05) is 37.3 Å². The second-order valence-corrected chi connectivity index (χ2v) is 7.28. The maximum atomic E-state index is 13.2. The van der Waals surface area contributed by atoms with Crippen molar-refractivity contribution in [3.63, 3.8) is 0 Å². The molecule has 0 bridgehead atoms. The standard InChI is InChI=1S/C23H26N4O4/c1-2-11-27(31-14-15-3-8-19(24)9-4-15)22(28)18-12-17-6-5-16(23(29)30)7-10-20(17)26-21(25)13-18/h3-6,8-10,12H,2,7,11,13-14,24H2,1H3,(H2,25,26)(H,29,30). The molecule has 0 saturated carbocycles. The van der Waals surface area contributed by atoms with E-state index in [4.69, 9.17) is 16.3 Å². The van der Waals surface area contributed by atoms with Crippen LogP contribution >= 0.6 is 0 Å². The van der Waals surface area contributed by atoms with Gasteiger partial charge in [-0.3, -0.25) is 9.63 Å². The Bertz CT molecular complexity index is 1020. The Morgan fingerprint density at radius 2 is 1.90 bits per heavy atom. The minimum absolute atomic E-state index is 0.175. The first-order chi connectivity index (χ1) is 14.9. The average molecular weight is 422 g/mol. The van der Waals surface area contributed by atoms with Gasteiger partial charge in [0.2, 0.25) is 0 Å². The van der Waals surface area contributed by atoms with Gasteiger partial charge in [-0.25, -0.2) is 14.9 Å². The van der Waals surface area contributed by atoms with E-state index in [1.54, 1.807) is 30.4 Å². The number of carbonyl (C=O) groups is 2. The zero-order chi connectivity index (χ0) is 22.4. The highest BCUT2D eigenvalue weighted by Gasteiger charge is 2.23. The van der Waals surface area contributed by atoms with Gasteiger partial charge < -0.3 is 16.6 Å². The van der Waals surface area contributed by atoms with Gasteiger partial charge in [-0.05, 0) is 36.6 Å². The smallest absolute Gasteiger partial charge is 0.331 e. The zero-order valence-electron chi connectivity index (χ0n) is 17.4. The van der Waals surface area contributed by atoms with Crippen molar-refractivity contribution in [3.8, 4) is 0 Å². The molecule has 3 rings (SSSR count). The van der Waals surface area contributed by atoms with Crippen LogP contribution in [0.1, 0.15) is 31.7 Å². The third-order valence-corrected chi connectivity index (χ3v) is 4.81. The van der Waals surface area contributed by atoms with E-state index in [-0.39, 0.29) is 36.8 Å². The lowest BCUT2D eigenvalue weighted by atomic mass is 10.1. The van der Waals surface area contributed by atoms with Gasteiger partial charge in [0.05, 0.1) is 5.70 Å². The number of hydroxylamine groups is 2. The summed E-state index contributed by atoms with van der Waals surface area (Å²) in [6.45, 7) is 2.59. The Hall–Kier alpha value is -3.65. The van der Waals surface area contributed by atoms with Crippen LogP contribution in [0.2, 0.25) is 0 Å². The Kier molecular flexibility index (Phi) is 7.04. The molecular weight excluding hydrogens is 396 g/mol. The van der Waals surface area contributed by atoms with Crippen molar-refractivity contribution in [1.29, 1.82) is 0 Å². The fourth-order valence-corrected chi connectivity index (χ4v) is 3.18. The number of aliphatic imine (C=N–C) groups is 1. The van der Waals surface area contributed by atoms with E-state index >= 15 is 0 Å². The summed E-state index contributed by atoms with van der Waals surface area (Å²) in [6, 6.07) is 7.25. The first-order valence-corrected chi connectivity index (χ1v) is 10.0. The number of allylic oxidation sites excluding steroid dienone is 4. The van der Waals surface area contributed by atoms with Crippen molar-refractivity contribution in [3.05, 3.63) is 76.5 Å². The topological polar surface area (TPSA) is 131 Å². The van der Waals surface area contributed by atoms with E-state index in [0.29, 0.717) is 35.5 Å². The lowest BCUT2D eigenvalue weighted by molar-refractivity contribution is -0.187.